The first-order valence-electron chi connectivity index (χ1n) is 3.34. The van der Waals surface area contributed by atoms with Crippen molar-refractivity contribution in [1.82, 2.24) is 9.97 Å². The number of nitrogens with zero attached hydrogens (tertiary/aromatic N) is 2. The lowest BCUT2D eigenvalue weighted by Crippen LogP contribution is -1.98. The molecule has 0 spiro atoms. The topological polar surface area (TPSA) is 35.0 Å². The lowest BCUT2D eigenvalue weighted by atomic mass is 10.6. The minimum absolute atomic E-state index is 0.199. The SMILES string of the molecule is CC#CCOc1ccnc(F)n1. The van der Waals surface area contributed by atoms with Gasteiger partial charge >= 0.3 is 6.08 Å². The van der Waals surface area contributed by atoms with E-state index in [2.05, 4.69) is 21.8 Å². The van der Waals surface area contributed by atoms with E-state index in [-0.39, 0.29) is 12.5 Å². The summed E-state index contributed by atoms with van der Waals surface area (Å²) in [6.45, 7) is 1.91. The molecule has 0 amide bonds. The second-order valence-corrected chi connectivity index (χ2v) is 1.88. The molecule has 0 saturated carbocycles. The molecule has 0 atom stereocenters. The van der Waals surface area contributed by atoms with E-state index < -0.39 is 6.08 Å². The Balaban J connectivity index is 2.55. The van der Waals surface area contributed by atoms with E-state index >= 15 is 0 Å². The zero-order valence-corrected chi connectivity index (χ0v) is 6.54. The zero-order valence-electron chi connectivity index (χ0n) is 6.54. The molecule has 1 aromatic rings. The van der Waals surface area contributed by atoms with Crippen molar-refractivity contribution in [2.75, 3.05) is 6.61 Å². The van der Waals surface area contributed by atoms with Gasteiger partial charge in [-0.2, -0.15) is 9.37 Å². The molecule has 0 unspecified atom stereocenters. The molecule has 0 fully saturated rings. The first-order valence-corrected chi connectivity index (χ1v) is 3.34. The highest BCUT2D eigenvalue weighted by Crippen LogP contribution is 2.02. The third-order valence-electron chi connectivity index (χ3n) is 1.07. The fraction of sp³-hybridized carbons (Fsp3) is 0.250. The first-order chi connectivity index (χ1) is 5.83. The van der Waals surface area contributed by atoms with Crippen LogP contribution in [0.3, 0.4) is 0 Å². The van der Waals surface area contributed by atoms with Crippen LogP contribution in [0.5, 0.6) is 5.88 Å². The fourth-order valence-corrected chi connectivity index (χ4v) is 0.582. The van der Waals surface area contributed by atoms with Crippen LogP contribution in [-0.2, 0) is 0 Å². The van der Waals surface area contributed by atoms with Crippen LogP contribution in [0.4, 0.5) is 4.39 Å². The van der Waals surface area contributed by atoms with Crippen molar-refractivity contribution in [2.24, 2.45) is 0 Å². The number of rotatable bonds is 2. The van der Waals surface area contributed by atoms with Crippen molar-refractivity contribution < 1.29 is 9.13 Å². The monoisotopic (exact) mass is 166 g/mol. The van der Waals surface area contributed by atoms with Gasteiger partial charge in [-0.25, -0.2) is 4.98 Å². The Kier molecular flexibility index (Phi) is 3.03. The molecule has 0 aliphatic heterocycles. The quantitative estimate of drug-likeness (QED) is 0.486. The van der Waals surface area contributed by atoms with Crippen LogP contribution in [0.2, 0.25) is 0 Å². The smallest absolute Gasteiger partial charge is 0.311 e. The maximum atomic E-state index is 12.3. The number of aromatic nitrogens is 2. The van der Waals surface area contributed by atoms with E-state index in [9.17, 15) is 4.39 Å². The lowest BCUT2D eigenvalue weighted by molar-refractivity contribution is 0.344. The van der Waals surface area contributed by atoms with Crippen LogP contribution >= 0.6 is 0 Å². The lowest BCUT2D eigenvalue weighted by Gasteiger charge is -1.98. The molecule has 4 heteroatoms. The first kappa shape index (κ1) is 8.47. The zero-order chi connectivity index (χ0) is 8.81. The average molecular weight is 166 g/mol. The number of hydrogen-bond acceptors (Lipinski definition) is 3. The third-order valence-corrected chi connectivity index (χ3v) is 1.07. The van der Waals surface area contributed by atoms with Gasteiger partial charge in [0.1, 0.15) is 0 Å². The Bertz CT molecular complexity index is 316. The van der Waals surface area contributed by atoms with Gasteiger partial charge in [0.2, 0.25) is 5.88 Å². The van der Waals surface area contributed by atoms with E-state index in [1.807, 2.05) is 0 Å². The fourth-order valence-electron chi connectivity index (χ4n) is 0.582. The van der Waals surface area contributed by atoms with Crippen LogP contribution in [0, 0.1) is 17.9 Å². The molecule has 62 valence electrons. The Hall–Kier alpha value is -1.63. The molecule has 0 radical (unpaired) electrons. The Labute approximate surface area is 69.6 Å². The van der Waals surface area contributed by atoms with Crippen molar-refractivity contribution in [3.8, 4) is 17.7 Å². The van der Waals surface area contributed by atoms with E-state index in [0.29, 0.717) is 0 Å². The largest absolute Gasteiger partial charge is 0.464 e. The minimum Gasteiger partial charge on any atom is -0.464 e. The second kappa shape index (κ2) is 4.29. The Morgan fingerprint density at radius 3 is 3.17 bits per heavy atom. The van der Waals surface area contributed by atoms with Crippen molar-refractivity contribution in [3.63, 3.8) is 0 Å². The van der Waals surface area contributed by atoms with Crippen molar-refractivity contribution in [3.05, 3.63) is 18.3 Å². The van der Waals surface area contributed by atoms with Crippen LogP contribution in [0.25, 0.3) is 0 Å². The number of ether oxygens (including phenoxy) is 1. The van der Waals surface area contributed by atoms with Crippen LogP contribution in [-0.4, -0.2) is 16.6 Å². The molecule has 0 saturated heterocycles. The summed E-state index contributed by atoms with van der Waals surface area (Å²) in [5, 5.41) is 0. The van der Waals surface area contributed by atoms with Crippen molar-refractivity contribution in [2.45, 2.75) is 6.92 Å². The van der Waals surface area contributed by atoms with Gasteiger partial charge in [0, 0.05) is 12.3 Å². The highest BCUT2D eigenvalue weighted by molar-refractivity contribution is 5.07. The summed E-state index contributed by atoms with van der Waals surface area (Å²) in [6.07, 6.45) is 0.494. The molecule has 0 aliphatic carbocycles. The molecule has 12 heavy (non-hydrogen) atoms. The van der Waals surface area contributed by atoms with Crippen molar-refractivity contribution in [1.29, 1.82) is 0 Å². The molecular weight excluding hydrogens is 159 g/mol. The van der Waals surface area contributed by atoms with Gasteiger partial charge in [-0.1, -0.05) is 5.92 Å². The Morgan fingerprint density at radius 2 is 2.50 bits per heavy atom. The molecule has 0 N–H and O–H groups in total. The van der Waals surface area contributed by atoms with Gasteiger partial charge in [-0.05, 0) is 6.92 Å². The van der Waals surface area contributed by atoms with E-state index in [1.165, 1.54) is 12.3 Å². The molecular formula is C8H7FN2O. The third kappa shape index (κ3) is 2.54. The summed E-state index contributed by atoms with van der Waals surface area (Å²) in [5.74, 6) is 5.50. The molecule has 1 heterocycles. The normalized spacial score (nSPS) is 8.50. The summed E-state index contributed by atoms with van der Waals surface area (Å²) in [5.41, 5.74) is 0. The van der Waals surface area contributed by atoms with E-state index in [0.717, 1.165) is 0 Å². The average Bonchev–Trinajstić information content (AvgIpc) is 2.05. The summed E-state index contributed by atoms with van der Waals surface area (Å²) in [7, 11) is 0. The summed E-state index contributed by atoms with van der Waals surface area (Å²) < 4.78 is 17.3. The molecule has 0 aliphatic rings. The maximum Gasteiger partial charge on any atom is 0.311 e. The Morgan fingerprint density at radius 1 is 1.67 bits per heavy atom. The number of halogens is 1. The van der Waals surface area contributed by atoms with Gasteiger partial charge in [0.25, 0.3) is 0 Å². The molecule has 1 rings (SSSR count). The van der Waals surface area contributed by atoms with Gasteiger partial charge in [0.15, 0.2) is 6.61 Å². The molecule has 1 aromatic heterocycles. The van der Waals surface area contributed by atoms with Crippen molar-refractivity contribution >= 4 is 0 Å². The standard InChI is InChI=1S/C8H7FN2O/c1-2-3-6-12-7-4-5-10-8(9)11-7/h4-5H,6H2,1H3. The van der Waals surface area contributed by atoms with Crippen LogP contribution in [0.15, 0.2) is 12.3 Å². The predicted molar refractivity (Wildman–Crippen MR) is 40.9 cm³/mol. The minimum atomic E-state index is -0.794. The molecule has 3 nitrogen and oxygen atoms in total. The highest BCUT2D eigenvalue weighted by atomic mass is 19.1. The van der Waals surface area contributed by atoms with Gasteiger partial charge in [-0.15, -0.1) is 5.92 Å². The van der Waals surface area contributed by atoms with Crippen LogP contribution < -0.4 is 4.74 Å². The summed E-state index contributed by atoms with van der Waals surface area (Å²) >= 11 is 0. The van der Waals surface area contributed by atoms with E-state index in [1.54, 1.807) is 6.92 Å². The predicted octanol–water partition coefficient (Wildman–Crippen LogP) is 1.02. The van der Waals surface area contributed by atoms with Gasteiger partial charge in [-0.3, -0.25) is 0 Å². The van der Waals surface area contributed by atoms with Gasteiger partial charge < -0.3 is 4.74 Å². The molecule has 0 bridgehead atoms. The molecule has 0 aromatic carbocycles. The maximum absolute atomic E-state index is 12.3. The summed E-state index contributed by atoms with van der Waals surface area (Å²) in [6, 6.07) is 1.47. The highest BCUT2D eigenvalue weighted by Gasteiger charge is 1.95. The van der Waals surface area contributed by atoms with Crippen LogP contribution in [0.1, 0.15) is 6.92 Å². The van der Waals surface area contributed by atoms with E-state index in [4.69, 9.17) is 4.74 Å². The second-order valence-electron chi connectivity index (χ2n) is 1.88. The summed E-state index contributed by atoms with van der Waals surface area (Å²) in [4.78, 5) is 6.65. The number of hydrogen-bond donors (Lipinski definition) is 0. The van der Waals surface area contributed by atoms with Gasteiger partial charge in [0.05, 0.1) is 0 Å².